The van der Waals surface area contributed by atoms with Crippen LogP contribution in [0.3, 0.4) is 0 Å². The first-order valence-corrected chi connectivity index (χ1v) is 8.92. The zero-order chi connectivity index (χ0) is 14.9. The Morgan fingerprint density at radius 1 is 1.24 bits per heavy atom. The number of thioether (sulfide) groups is 1. The van der Waals surface area contributed by atoms with E-state index in [4.69, 9.17) is 5.11 Å². The molecule has 2 N–H and O–H groups in total. The second-order valence-corrected chi connectivity index (χ2v) is 6.60. The van der Waals surface area contributed by atoms with E-state index in [1.54, 1.807) is 23.5 Å². The molecule has 0 bridgehead atoms. The van der Waals surface area contributed by atoms with Crippen molar-refractivity contribution in [2.75, 3.05) is 24.7 Å². The standard InChI is InChI=1S/C15H19FN2OS2/c16-13-4-2-12(3-5-13)15-18-14(11-21-15)10-17-6-9-20-8-1-7-19/h2-5,11,17,19H,1,6-10H2. The summed E-state index contributed by atoms with van der Waals surface area (Å²) < 4.78 is 12.9. The number of nitrogens with zero attached hydrogens (tertiary/aromatic N) is 1. The molecular weight excluding hydrogens is 307 g/mol. The number of benzene rings is 1. The molecule has 2 rings (SSSR count). The molecule has 2 aromatic rings. The normalized spacial score (nSPS) is 11.0. The van der Waals surface area contributed by atoms with Gasteiger partial charge in [-0.25, -0.2) is 9.37 Å². The van der Waals surface area contributed by atoms with Gasteiger partial charge in [0, 0.05) is 36.4 Å². The predicted molar refractivity (Wildman–Crippen MR) is 88.2 cm³/mol. The molecule has 21 heavy (non-hydrogen) atoms. The molecular formula is C15H19FN2OS2. The number of hydrogen-bond acceptors (Lipinski definition) is 5. The molecule has 1 aromatic heterocycles. The Morgan fingerprint density at radius 3 is 2.81 bits per heavy atom. The molecule has 1 heterocycles. The highest BCUT2D eigenvalue weighted by Gasteiger charge is 2.04. The summed E-state index contributed by atoms with van der Waals surface area (Å²) >= 11 is 3.42. The summed E-state index contributed by atoms with van der Waals surface area (Å²) in [6.07, 6.45) is 0.859. The minimum Gasteiger partial charge on any atom is -0.396 e. The van der Waals surface area contributed by atoms with Crippen LogP contribution in [0.4, 0.5) is 4.39 Å². The molecule has 6 heteroatoms. The first-order chi connectivity index (χ1) is 10.3. The number of hydrogen-bond donors (Lipinski definition) is 2. The van der Waals surface area contributed by atoms with E-state index in [2.05, 4.69) is 10.3 Å². The average Bonchev–Trinajstić information content (AvgIpc) is 2.96. The molecule has 0 atom stereocenters. The van der Waals surface area contributed by atoms with E-state index in [-0.39, 0.29) is 12.4 Å². The van der Waals surface area contributed by atoms with Crippen molar-refractivity contribution >= 4 is 23.1 Å². The summed E-state index contributed by atoms with van der Waals surface area (Å²) in [5.74, 6) is 1.81. The second kappa shape index (κ2) is 9.15. The minimum absolute atomic E-state index is 0.226. The zero-order valence-electron chi connectivity index (χ0n) is 11.7. The van der Waals surface area contributed by atoms with Crippen LogP contribution in [0.5, 0.6) is 0 Å². The fourth-order valence-electron chi connectivity index (χ4n) is 1.74. The third-order valence-electron chi connectivity index (χ3n) is 2.82. The predicted octanol–water partition coefficient (Wildman–Crippen LogP) is 3.15. The Kier molecular flexibility index (Phi) is 7.15. The fraction of sp³-hybridized carbons (Fsp3) is 0.400. The van der Waals surface area contributed by atoms with Gasteiger partial charge < -0.3 is 10.4 Å². The lowest BCUT2D eigenvalue weighted by molar-refractivity contribution is 0.296. The maximum atomic E-state index is 12.9. The smallest absolute Gasteiger partial charge is 0.123 e. The van der Waals surface area contributed by atoms with Gasteiger partial charge in [0.25, 0.3) is 0 Å². The molecule has 1 aromatic carbocycles. The van der Waals surface area contributed by atoms with Crippen molar-refractivity contribution in [3.63, 3.8) is 0 Å². The van der Waals surface area contributed by atoms with Gasteiger partial charge in [0.2, 0.25) is 0 Å². The van der Waals surface area contributed by atoms with Gasteiger partial charge in [0.15, 0.2) is 0 Å². The van der Waals surface area contributed by atoms with Gasteiger partial charge in [-0.1, -0.05) is 0 Å². The van der Waals surface area contributed by atoms with Crippen molar-refractivity contribution in [3.05, 3.63) is 41.2 Å². The van der Waals surface area contributed by atoms with Gasteiger partial charge in [-0.2, -0.15) is 11.8 Å². The molecule has 0 unspecified atom stereocenters. The van der Waals surface area contributed by atoms with Gasteiger partial charge in [0.1, 0.15) is 10.8 Å². The lowest BCUT2D eigenvalue weighted by Crippen LogP contribution is -2.16. The lowest BCUT2D eigenvalue weighted by Gasteiger charge is -2.02. The van der Waals surface area contributed by atoms with Crippen molar-refractivity contribution in [3.8, 4) is 10.6 Å². The third kappa shape index (κ3) is 5.74. The summed E-state index contributed by atoms with van der Waals surface area (Å²) in [6, 6.07) is 6.42. The molecule has 0 radical (unpaired) electrons. The summed E-state index contributed by atoms with van der Waals surface area (Å²) in [7, 11) is 0. The highest BCUT2D eigenvalue weighted by molar-refractivity contribution is 7.99. The van der Waals surface area contributed by atoms with Gasteiger partial charge in [-0.05, 0) is 36.4 Å². The average molecular weight is 326 g/mol. The van der Waals surface area contributed by atoms with Crippen LogP contribution in [0.2, 0.25) is 0 Å². The molecule has 0 aliphatic heterocycles. The fourth-order valence-corrected chi connectivity index (χ4v) is 3.39. The topological polar surface area (TPSA) is 45.1 Å². The van der Waals surface area contributed by atoms with Crippen LogP contribution in [-0.4, -0.2) is 34.7 Å². The van der Waals surface area contributed by atoms with E-state index < -0.39 is 0 Å². The first-order valence-electron chi connectivity index (χ1n) is 6.89. The molecule has 0 amide bonds. The van der Waals surface area contributed by atoms with Crippen molar-refractivity contribution in [2.24, 2.45) is 0 Å². The number of halogens is 1. The van der Waals surface area contributed by atoms with Crippen LogP contribution >= 0.6 is 23.1 Å². The molecule has 0 saturated heterocycles. The van der Waals surface area contributed by atoms with Crippen LogP contribution in [0.15, 0.2) is 29.6 Å². The van der Waals surface area contributed by atoms with E-state index >= 15 is 0 Å². The number of rotatable bonds is 9. The summed E-state index contributed by atoms with van der Waals surface area (Å²) in [5.41, 5.74) is 1.96. The van der Waals surface area contributed by atoms with Gasteiger partial charge in [-0.15, -0.1) is 11.3 Å². The van der Waals surface area contributed by atoms with E-state index in [1.165, 1.54) is 12.1 Å². The molecule has 114 valence electrons. The van der Waals surface area contributed by atoms with Crippen molar-refractivity contribution < 1.29 is 9.50 Å². The van der Waals surface area contributed by atoms with Crippen LogP contribution in [0.25, 0.3) is 10.6 Å². The Balaban J connectivity index is 1.72. The first kappa shape index (κ1) is 16.4. The van der Waals surface area contributed by atoms with Gasteiger partial charge in [-0.3, -0.25) is 0 Å². The van der Waals surface area contributed by atoms with Crippen LogP contribution < -0.4 is 5.32 Å². The molecule has 0 aliphatic rings. The molecule has 0 fully saturated rings. The Hall–Kier alpha value is -0.950. The minimum atomic E-state index is -0.226. The highest BCUT2D eigenvalue weighted by Crippen LogP contribution is 2.23. The monoisotopic (exact) mass is 326 g/mol. The van der Waals surface area contributed by atoms with E-state index in [1.807, 2.05) is 17.1 Å². The number of thiazole rings is 1. The highest BCUT2D eigenvalue weighted by atomic mass is 32.2. The van der Waals surface area contributed by atoms with Crippen LogP contribution in [0.1, 0.15) is 12.1 Å². The SMILES string of the molecule is OCCCSCCNCc1csc(-c2ccc(F)cc2)n1. The number of nitrogens with one attached hydrogen (secondary N) is 1. The molecule has 0 spiro atoms. The van der Waals surface area contributed by atoms with Crippen molar-refractivity contribution in [1.29, 1.82) is 0 Å². The van der Waals surface area contributed by atoms with E-state index in [9.17, 15) is 4.39 Å². The third-order valence-corrected chi connectivity index (χ3v) is 4.83. The van der Waals surface area contributed by atoms with Crippen LogP contribution in [-0.2, 0) is 6.54 Å². The van der Waals surface area contributed by atoms with Crippen molar-refractivity contribution in [1.82, 2.24) is 10.3 Å². The quantitative estimate of drug-likeness (QED) is 0.695. The summed E-state index contributed by atoms with van der Waals surface area (Å²) in [4.78, 5) is 4.55. The largest absolute Gasteiger partial charge is 0.396 e. The number of aliphatic hydroxyl groups is 1. The number of aliphatic hydroxyl groups excluding tert-OH is 1. The Labute approximate surface area is 132 Å². The molecule has 3 nitrogen and oxygen atoms in total. The van der Waals surface area contributed by atoms with E-state index in [0.29, 0.717) is 0 Å². The zero-order valence-corrected chi connectivity index (χ0v) is 13.4. The Morgan fingerprint density at radius 2 is 2.05 bits per heavy atom. The maximum Gasteiger partial charge on any atom is 0.123 e. The Bertz CT molecular complexity index is 531. The molecule has 0 saturated carbocycles. The number of aromatic nitrogens is 1. The second-order valence-electron chi connectivity index (χ2n) is 4.52. The van der Waals surface area contributed by atoms with Crippen molar-refractivity contribution in [2.45, 2.75) is 13.0 Å². The lowest BCUT2D eigenvalue weighted by atomic mass is 10.2. The van der Waals surface area contributed by atoms with Gasteiger partial charge >= 0.3 is 0 Å². The van der Waals surface area contributed by atoms with Crippen LogP contribution in [0, 0.1) is 5.82 Å². The van der Waals surface area contributed by atoms with Gasteiger partial charge in [0.05, 0.1) is 5.69 Å². The summed E-state index contributed by atoms with van der Waals surface area (Å²) in [5, 5.41) is 15.0. The van der Waals surface area contributed by atoms with E-state index in [0.717, 1.165) is 47.3 Å². The molecule has 0 aliphatic carbocycles. The summed E-state index contributed by atoms with van der Waals surface area (Å²) in [6.45, 7) is 1.95. The maximum absolute atomic E-state index is 12.9.